The fourth-order valence-corrected chi connectivity index (χ4v) is 15.7. The predicted octanol–water partition coefficient (Wildman–Crippen LogP) is 15.7. The quantitative estimate of drug-likeness (QED) is 0.161. The van der Waals surface area contributed by atoms with Crippen molar-refractivity contribution in [2.75, 3.05) is 14.7 Å². The third-order valence-electron chi connectivity index (χ3n) is 19.8. The molecule has 2 aliphatic carbocycles. The molecular weight excluding hydrogens is 838 g/mol. The van der Waals surface area contributed by atoms with Crippen LogP contribution < -0.4 is 31.3 Å². The van der Waals surface area contributed by atoms with E-state index in [1.54, 1.807) is 5.56 Å². The van der Waals surface area contributed by atoms with Crippen molar-refractivity contribution in [3.05, 3.63) is 117 Å². The molecule has 1 aromatic heterocycles. The number of benzene rings is 5. The average Bonchev–Trinajstić information content (AvgIpc) is 3.81. The smallest absolute Gasteiger partial charge is 0.297 e. The fraction of sp³-hybridized carbons (Fsp3) is 0.500. The van der Waals surface area contributed by atoms with Crippen LogP contribution in [0.25, 0.3) is 11.0 Å². The van der Waals surface area contributed by atoms with Crippen LogP contribution in [0.3, 0.4) is 0 Å². The Balaban J connectivity index is 1.26. The maximum absolute atomic E-state index is 7.57. The van der Waals surface area contributed by atoms with Gasteiger partial charge in [-0.3, -0.25) is 0 Å². The number of hydrogen-bond donors (Lipinski definition) is 0. The lowest BCUT2D eigenvalue weighted by molar-refractivity contribution is 0.193. The van der Waals surface area contributed by atoms with Gasteiger partial charge in [-0.05, 0) is 169 Å². The Morgan fingerprint density at radius 1 is 0.493 bits per heavy atom. The van der Waals surface area contributed by atoms with E-state index in [0.717, 1.165) is 17.7 Å². The van der Waals surface area contributed by atoms with E-state index in [1.165, 1.54) is 146 Å². The molecule has 0 amide bonds. The summed E-state index contributed by atoms with van der Waals surface area (Å²) >= 11 is 0. The van der Waals surface area contributed by atoms with Crippen LogP contribution in [0.5, 0.6) is 0 Å². The van der Waals surface area contributed by atoms with Crippen LogP contribution in [-0.4, -0.2) is 17.8 Å². The second-order valence-electron chi connectivity index (χ2n) is 27.1. The van der Waals surface area contributed by atoms with Crippen molar-refractivity contribution >= 4 is 74.1 Å². The average molecular weight is 916 g/mol. The first-order valence-electron chi connectivity index (χ1n) is 26.8. The van der Waals surface area contributed by atoms with Crippen LogP contribution in [0.15, 0.2) is 71.1 Å². The van der Waals surface area contributed by atoms with E-state index in [4.69, 9.17) is 4.42 Å². The second-order valence-corrected chi connectivity index (χ2v) is 27.1. The van der Waals surface area contributed by atoms with Crippen molar-refractivity contribution < 1.29 is 4.42 Å². The molecule has 5 aromatic carbocycles. The van der Waals surface area contributed by atoms with Gasteiger partial charge >= 0.3 is 0 Å². The van der Waals surface area contributed by atoms with Gasteiger partial charge in [0.1, 0.15) is 5.58 Å². The molecule has 4 aliphatic heterocycles. The molecule has 0 bridgehead atoms. The van der Waals surface area contributed by atoms with E-state index in [1.807, 2.05) is 0 Å². The monoisotopic (exact) mass is 916 g/mol. The Morgan fingerprint density at radius 2 is 1.06 bits per heavy atom. The molecular formula is C64H78BN3O. The number of aryl methyl sites for hydroxylation is 4. The molecule has 0 saturated heterocycles. The number of nitrogens with zero attached hydrogens (tertiary/aromatic N) is 3. The van der Waals surface area contributed by atoms with Crippen LogP contribution in [0, 0.1) is 27.7 Å². The van der Waals surface area contributed by atoms with Gasteiger partial charge in [-0.2, -0.15) is 0 Å². The maximum atomic E-state index is 7.57. The van der Waals surface area contributed by atoms with Crippen LogP contribution in [0.1, 0.15) is 191 Å². The summed E-state index contributed by atoms with van der Waals surface area (Å²) in [5.74, 6) is 0. The molecule has 6 aromatic rings. The molecule has 0 N–H and O–H groups in total. The van der Waals surface area contributed by atoms with Gasteiger partial charge in [-0.15, -0.1) is 0 Å². The van der Waals surface area contributed by atoms with E-state index in [-0.39, 0.29) is 44.9 Å². The number of rotatable bonds is 2. The highest BCUT2D eigenvalue weighted by molar-refractivity contribution is 7.00. The second kappa shape index (κ2) is 13.9. The summed E-state index contributed by atoms with van der Waals surface area (Å²) < 4.78 is 7.57. The van der Waals surface area contributed by atoms with Crippen molar-refractivity contribution in [3.63, 3.8) is 0 Å². The lowest BCUT2D eigenvalue weighted by Crippen LogP contribution is -2.65. The topological polar surface area (TPSA) is 22.9 Å². The highest BCUT2D eigenvalue weighted by atomic mass is 16.3. The summed E-state index contributed by atoms with van der Waals surface area (Å²) in [5.41, 5.74) is 26.8. The highest BCUT2D eigenvalue weighted by Crippen LogP contribution is 2.66. The van der Waals surface area contributed by atoms with Crippen molar-refractivity contribution in [2.24, 2.45) is 0 Å². The lowest BCUT2D eigenvalue weighted by atomic mass is 9.34. The zero-order chi connectivity index (χ0) is 49.1. The lowest BCUT2D eigenvalue weighted by Gasteiger charge is -2.53. The third-order valence-corrected chi connectivity index (χ3v) is 19.8. The molecule has 358 valence electrons. The van der Waals surface area contributed by atoms with Gasteiger partial charge in [0.15, 0.2) is 0 Å². The minimum Gasteiger partial charge on any atom is -0.468 e. The molecule has 6 aliphatic rings. The van der Waals surface area contributed by atoms with E-state index < -0.39 is 0 Å². The molecule has 69 heavy (non-hydrogen) atoms. The molecule has 5 heteroatoms. The zero-order valence-electron chi connectivity index (χ0n) is 45.3. The fourth-order valence-electron chi connectivity index (χ4n) is 15.7. The van der Waals surface area contributed by atoms with Gasteiger partial charge in [0.25, 0.3) is 6.71 Å². The van der Waals surface area contributed by atoms with E-state index in [9.17, 15) is 0 Å². The van der Waals surface area contributed by atoms with Gasteiger partial charge in [-0.25, -0.2) is 0 Å². The van der Waals surface area contributed by atoms with Crippen LogP contribution in [0.4, 0.5) is 39.8 Å². The molecule has 0 radical (unpaired) electrons. The SMILES string of the molecule is Cc1cc(C)c2c3c1B1c4oc5ccc(C(C)(C)C)cc5c4N(c4c(C)cc(C(C)(C)C)cc4C)c4cc(N5c6ccc(C(C)(C)C)cc6C6(C)CCCCC56C)cc(c41)N3C1(C)CCCCC21C. The Bertz CT molecular complexity index is 3200. The van der Waals surface area contributed by atoms with Crippen molar-refractivity contribution in [1.82, 2.24) is 0 Å². The first-order chi connectivity index (χ1) is 32.2. The molecule has 0 spiro atoms. The standard InChI is InChI=1S/C64H78BN3O/c1-37-30-38(2)52-56-51(37)62(15)27-19-21-29-64(62,17)68(56)49-36-44(67-47-24-22-42(59(8,9)10)34-46(47)61(14)26-18-20-28-63(61,67)16)35-48-53(49)65(52)57-55(45-33-41(58(5,6)7)23-25-50(45)69-57)66(48)54-39(3)31-43(32-40(54)4)60(11,12)13/h22-25,30-36H,18-21,26-29H2,1-17H3. The van der Waals surface area contributed by atoms with Gasteiger partial charge < -0.3 is 19.1 Å². The van der Waals surface area contributed by atoms with Crippen molar-refractivity contribution in [2.45, 2.75) is 207 Å². The summed E-state index contributed by atoms with van der Waals surface area (Å²) in [7, 11) is 0. The molecule has 4 unspecified atom stereocenters. The molecule has 2 saturated carbocycles. The third kappa shape index (κ3) is 5.71. The Hall–Kier alpha value is -4.90. The predicted molar refractivity (Wildman–Crippen MR) is 296 cm³/mol. The minimum absolute atomic E-state index is 0.00000904. The summed E-state index contributed by atoms with van der Waals surface area (Å²) in [4.78, 5) is 8.54. The van der Waals surface area contributed by atoms with E-state index >= 15 is 0 Å². The molecule has 12 rings (SSSR count). The largest absolute Gasteiger partial charge is 0.468 e. The normalized spacial score (nSPS) is 25.7. The maximum Gasteiger partial charge on any atom is 0.297 e. The van der Waals surface area contributed by atoms with Crippen molar-refractivity contribution in [1.29, 1.82) is 0 Å². The van der Waals surface area contributed by atoms with Crippen LogP contribution in [-0.2, 0) is 27.1 Å². The Kier molecular flexibility index (Phi) is 9.15. The van der Waals surface area contributed by atoms with Crippen molar-refractivity contribution in [3.8, 4) is 0 Å². The first kappa shape index (κ1) is 45.3. The number of fused-ring (bicyclic) bond motifs is 12. The van der Waals surface area contributed by atoms with Crippen LogP contribution >= 0.6 is 0 Å². The molecule has 4 atom stereocenters. The summed E-state index contributed by atoms with van der Waals surface area (Å²) in [6.45, 7) is 41.2. The molecule has 4 nitrogen and oxygen atoms in total. The number of hydrogen-bond acceptors (Lipinski definition) is 4. The number of furan rings is 1. The van der Waals surface area contributed by atoms with Gasteiger partial charge in [0, 0.05) is 44.7 Å². The Labute approximate surface area is 415 Å². The zero-order valence-corrected chi connectivity index (χ0v) is 45.3. The number of anilines is 7. The van der Waals surface area contributed by atoms with Crippen LogP contribution in [0.2, 0.25) is 0 Å². The van der Waals surface area contributed by atoms with E-state index in [2.05, 4.69) is 199 Å². The van der Waals surface area contributed by atoms with Gasteiger partial charge in [0.05, 0.1) is 28.1 Å². The summed E-state index contributed by atoms with van der Waals surface area (Å²) in [5, 5.41) is 1.21. The summed E-state index contributed by atoms with van der Waals surface area (Å²) in [6, 6.07) is 27.5. The molecule has 5 heterocycles. The van der Waals surface area contributed by atoms with E-state index in [0.29, 0.717) is 0 Å². The minimum atomic E-state index is -0.113. The summed E-state index contributed by atoms with van der Waals surface area (Å²) in [6.07, 6.45) is 9.74. The molecule has 2 fully saturated rings. The highest BCUT2D eigenvalue weighted by Gasteiger charge is 2.64. The van der Waals surface area contributed by atoms with Gasteiger partial charge in [0.2, 0.25) is 0 Å². The van der Waals surface area contributed by atoms with Gasteiger partial charge in [-0.1, -0.05) is 144 Å². The first-order valence-corrected chi connectivity index (χ1v) is 26.8. The Morgan fingerprint density at radius 3 is 1.70 bits per heavy atom.